The molecule has 80 valence electrons. The third-order valence-electron chi connectivity index (χ3n) is 1.88. The predicted octanol–water partition coefficient (Wildman–Crippen LogP) is -0.0232. The summed E-state index contributed by atoms with van der Waals surface area (Å²) in [5.41, 5.74) is 0.156. The van der Waals surface area contributed by atoms with Crippen molar-refractivity contribution in [2.45, 2.75) is 6.54 Å². The number of hydrogen-bond acceptors (Lipinski definition) is 5. The summed E-state index contributed by atoms with van der Waals surface area (Å²) < 4.78 is 0. The van der Waals surface area contributed by atoms with Gasteiger partial charge < -0.3 is 5.32 Å². The first-order chi connectivity index (χ1) is 7.78. The minimum absolute atomic E-state index is 0.343. The Morgan fingerprint density at radius 1 is 1.50 bits per heavy atom. The fraction of sp³-hybridized carbons (Fsp3) is 0.111. The third-order valence-corrected chi connectivity index (χ3v) is 1.88. The topological polar surface area (TPSA) is 110 Å². The summed E-state index contributed by atoms with van der Waals surface area (Å²) in [5.74, 6) is 1.11. The molecule has 0 aromatic carbocycles. The monoisotopic (exact) mass is 216 g/mol. The second kappa shape index (κ2) is 4.27. The highest BCUT2D eigenvalue weighted by atomic mass is 16.1. The second-order valence-electron chi connectivity index (χ2n) is 3.02. The lowest BCUT2D eigenvalue weighted by atomic mass is 10.3. The summed E-state index contributed by atoms with van der Waals surface area (Å²) in [5, 5.41) is 17.5. The van der Waals surface area contributed by atoms with Gasteiger partial charge in [0.15, 0.2) is 0 Å². The van der Waals surface area contributed by atoms with Crippen molar-refractivity contribution in [1.82, 2.24) is 20.2 Å². The highest BCUT2D eigenvalue weighted by Gasteiger charge is 1.98. The van der Waals surface area contributed by atoms with E-state index in [9.17, 15) is 4.79 Å². The van der Waals surface area contributed by atoms with Crippen molar-refractivity contribution < 1.29 is 0 Å². The number of pyridine rings is 1. The van der Waals surface area contributed by atoms with Crippen LogP contribution in [0.15, 0.2) is 23.1 Å². The minimum Gasteiger partial charge on any atom is -0.363 e. The van der Waals surface area contributed by atoms with E-state index in [0.29, 0.717) is 23.8 Å². The molecule has 7 nitrogen and oxygen atoms in total. The van der Waals surface area contributed by atoms with E-state index in [4.69, 9.17) is 5.26 Å². The number of rotatable bonds is 3. The lowest BCUT2D eigenvalue weighted by Crippen LogP contribution is -2.05. The van der Waals surface area contributed by atoms with E-state index in [1.807, 2.05) is 6.07 Å². The normalized spacial score (nSPS) is 9.69. The molecule has 0 radical (unpaired) electrons. The standard InChI is InChI=1S/C9H8N6O/c10-3-6-1-2-7(11-4-6)12-5-8-13-9(16)15-14-8/h1-2,4H,5H2,(H,11,12)(H2,13,14,15,16). The lowest BCUT2D eigenvalue weighted by molar-refractivity contribution is 0.946. The number of nitriles is 1. The van der Waals surface area contributed by atoms with Crippen molar-refractivity contribution in [1.29, 1.82) is 5.26 Å². The summed E-state index contributed by atoms with van der Waals surface area (Å²) in [7, 11) is 0. The molecule has 16 heavy (non-hydrogen) atoms. The SMILES string of the molecule is N#Cc1ccc(NCc2n[nH]c(=O)[nH]2)nc1. The quantitative estimate of drug-likeness (QED) is 0.667. The van der Waals surface area contributed by atoms with Crippen LogP contribution in [0.5, 0.6) is 0 Å². The first-order valence-corrected chi connectivity index (χ1v) is 4.51. The van der Waals surface area contributed by atoms with Gasteiger partial charge in [-0.3, -0.25) is 4.98 Å². The Balaban J connectivity index is 2.00. The summed E-state index contributed by atoms with van der Waals surface area (Å²) in [6.45, 7) is 0.359. The Bertz CT molecular complexity index is 561. The van der Waals surface area contributed by atoms with Gasteiger partial charge in [-0.05, 0) is 12.1 Å². The number of nitrogens with zero attached hydrogens (tertiary/aromatic N) is 3. The smallest absolute Gasteiger partial charge is 0.340 e. The Morgan fingerprint density at radius 2 is 2.38 bits per heavy atom. The van der Waals surface area contributed by atoms with Gasteiger partial charge in [-0.25, -0.2) is 14.9 Å². The molecule has 2 aromatic heterocycles. The van der Waals surface area contributed by atoms with Gasteiger partial charge in [-0.2, -0.15) is 10.4 Å². The average Bonchev–Trinajstić information content (AvgIpc) is 2.73. The first-order valence-electron chi connectivity index (χ1n) is 4.51. The van der Waals surface area contributed by atoms with Gasteiger partial charge >= 0.3 is 5.69 Å². The van der Waals surface area contributed by atoms with Crippen LogP contribution in [0.3, 0.4) is 0 Å². The van der Waals surface area contributed by atoms with Crippen LogP contribution in [0.25, 0.3) is 0 Å². The molecule has 3 N–H and O–H groups in total. The largest absolute Gasteiger partial charge is 0.363 e. The van der Waals surface area contributed by atoms with E-state index in [1.165, 1.54) is 6.20 Å². The number of aromatic nitrogens is 4. The number of H-pyrrole nitrogens is 2. The van der Waals surface area contributed by atoms with Crippen molar-refractivity contribution >= 4 is 5.82 Å². The molecule has 2 heterocycles. The van der Waals surface area contributed by atoms with E-state index in [0.717, 1.165) is 0 Å². The molecule has 0 aliphatic carbocycles. The van der Waals surface area contributed by atoms with Crippen LogP contribution in [0, 0.1) is 11.3 Å². The van der Waals surface area contributed by atoms with Gasteiger partial charge in [0.05, 0.1) is 12.1 Å². The van der Waals surface area contributed by atoms with Crippen molar-refractivity contribution in [3.05, 3.63) is 40.2 Å². The van der Waals surface area contributed by atoms with E-state index in [1.54, 1.807) is 12.1 Å². The fourth-order valence-corrected chi connectivity index (χ4v) is 1.13. The van der Waals surface area contributed by atoms with Gasteiger partial charge in [0.2, 0.25) is 0 Å². The summed E-state index contributed by atoms with van der Waals surface area (Å²) >= 11 is 0. The van der Waals surface area contributed by atoms with Crippen LogP contribution >= 0.6 is 0 Å². The van der Waals surface area contributed by atoms with Gasteiger partial charge in [0, 0.05) is 6.20 Å². The summed E-state index contributed by atoms with van der Waals surface area (Å²) in [6, 6.07) is 5.32. The molecule has 2 rings (SSSR count). The Labute approximate surface area is 90.2 Å². The predicted molar refractivity (Wildman–Crippen MR) is 55.5 cm³/mol. The van der Waals surface area contributed by atoms with Crippen LogP contribution in [0.4, 0.5) is 5.82 Å². The molecule has 0 aliphatic heterocycles. The Kier molecular flexibility index (Phi) is 2.65. The zero-order valence-corrected chi connectivity index (χ0v) is 8.19. The zero-order chi connectivity index (χ0) is 11.4. The molecule has 0 bridgehead atoms. The van der Waals surface area contributed by atoms with E-state index in [-0.39, 0.29) is 5.69 Å². The average molecular weight is 216 g/mol. The Morgan fingerprint density at radius 3 is 2.94 bits per heavy atom. The highest BCUT2D eigenvalue weighted by Crippen LogP contribution is 2.04. The number of hydrogen-bond donors (Lipinski definition) is 3. The van der Waals surface area contributed by atoms with E-state index < -0.39 is 0 Å². The van der Waals surface area contributed by atoms with Crippen LogP contribution in [-0.2, 0) is 6.54 Å². The molecule has 0 spiro atoms. The molecular formula is C9H8N6O. The van der Waals surface area contributed by atoms with Gasteiger partial charge in [-0.1, -0.05) is 0 Å². The van der Waals surface area contributed by atoms with Gasteiger partial charge in [0.1, 0.15) is 17.7 Å². The maximum absolute atomic E-state index is 10.7. The molecule has 0 fully saturated rings. The molecule has 0 atom stereocenters. The molecule has 2 aromatic rings. The highest BCUT2D eigenvalue weighted by molar-refractivity contribution is 5.38. The third kappa shape index (κ3) is 2.24. The molecule has 7 heteroatoms. The molecule has 0 saturated carbocycles. The number of nitrogens with one attached hydrogen (secondary N) is 3. The minimum atomic E-state index is -0.343. The number of aromatic amines is 2. The fourth-order valence-electron chi connectivity index (χ4n) is 1.13. The van der Waals surface area contributed by atoms with Gasteiger partial charge in [-0.15, -0.1) is 0 Å². The molecule has 0 aliphatic rings. The zero-order valence-electron chi connectivity index (χ0n) is 8.19. The summed E-state index contributed by atoms with van der Waals surface area (Å²) in [6.07, 6.45) is 1.47. The van der Waals surface area contributed by atoms with Crippen molar-refractivity contribution in [3.63, 3.8) is 0 Å². The second-order valence-corrected chi connectivity index (χ2v) is 3.02. The van der Waals surface area contributed by atoms with Crippen molar-refractivity contribution in [2.24, 2.45) is 0 Å². The van der Waals surface area contributed by atoms with Crippen LogP contribution in [0.1, 0.15) is 11.4 Å². The van der Waals surface area contributed by atoms with Crippen LogP contribution in [0.2, 0.25) is 0 Å². The maximum Gasteiger partial charge on any atom is 0.340 e. The summed E-state index contributed by atoms with van der Waals surface area (Å²) in [4.78, 5) is 17.2. The maximum atomic E-state index is 10.7. The molecule has 0 amide bonds. The first kappa shape index (κ1) is 9.92. The van der Waals surface area contributed by atoms with Crippen LogP contribution < -0.4 is 11.0 Å². The molecular weight excluding hydrogens is 208 g/mol. The van der Waals surface area contributed by atoms with Crippen molar-refractivity contribution in [2.75, 3.05) is 5.32 Å². The molecule has 0 unspecified atom stereocenters. The lowest BCUT2D eigenvalue weighted by Gasteiger charge is -2.01. The van der Waals surface area contributed by atoms with E-state index in [2.05, 4.69) is 25.5 Å². The van der Waals surface area contributed by atoms with Crippen LogP contribution in [-0.4, -0.2) is 20.2 Å². The Hall–Kier alpha value is -2.62. The van der Waals surface area contributed by atoms with Gasteiger partial charge in [0.25, 0.3) is 0 Å². The van der Waals surface area contributed by atoms with Crippen molar-refractivity contribution in [3.8, 4) is 6.07 Å². The van der Waals surface area contributed by atoms with E-state index >= 15 is 0 Å². The number of anilines is 1. The molecule has 0 saturated heterocycles.